The molecule has 3 aliphatic rings. The molecule has 3 fully saturated rings. The van der Waals surface area contributed by atoms with Crippen LogP contribution in [0.25, 0.3) is 0 Å². The molecule has 1 saturated carbocycles. The topological polar surface area (TPSA) is 49.1 Å². The zero-order valence-electron chi connectivity index (χ0n) is 14.9. The lowest BCUT2D eigenvalue weighted by Crippen LogP contribution is -2.48. The van der Waals surface area contributed by atoms with E-state index in [-0.39, 0.29) is 12.1 Å². The number of furan rings is 1. The van der Waals surface area contributed by atoms with Gasteiger partial charge >= 0.3 is 0 Å². The molecule has 0 spiro atoms. The highest BCUT2D eigenvalue weighted by atomic mass is 32.2. The lowest BCUT2D eigenvalue weighted by molar-refractivity contribution is -0.00619. The molecular formula is C19H30N2O3S. The summed E-state index contributed by atoms with van der Waals surface area (Å²) in [6.45, 7) is 5.85. The van der Waals surface area contributed by atoms with Gasteiger partial charge in [0, 0.05) is 37.5 Å². The van der Waals surface area contributed by atoms with Gasteiger partial charge in [-0.1, -0.05) is 31.0 Å². The van der Waals surface area contributed by atoms with Crippen molar-refractivity contribution in [3.8, 4) is 0 Å². The van der Waals surface area contributed by atoms with Crippen molar-refractivity contribution >= 4 is 11.8 Å². The van der Waals surface area contributed by atoms with Crippen LogP contribution in [0.3, 0.4) is 0 Å². The highest BCUT2D eigenvalue weighted by Crippen LogP contribution is 2.34. The minimum absolute atomic E-state index is 0.231. The molecule has 2 atom stereocenters. The molecule has 4 rings (SSSR count). The molecule has 6 heteroatoms. The largest absolute Gasteiger partial charge is 0.454 e. The van der Waals surface area contributed by atoms with Crippen LogP contribution in [0.4, 0.5) is 0 Å². The number of hydrogen-bond acceptors (Lipinski definition) is 6. The maximum atomic E-state index is 10.5. The minimum Gasteiger partial charge on any atom is -0.454 e. The Morgan fingerprint density at radius 1 is 1.08 bits per heavy atom. The van der Waals surface area contributed by atoms with Gasteiger partial charge in [-0.25, -0.2) is 0 Å². The van der Waals surface area contributed by atoms with Gasteiger partial charge in [-0.05, 0) is 25.0 Å². The molecule has 1 aromatic rings. The van der Waals surface area contributed by atoms with E-state index in [0.717, 1.165) is 62.0 Å². The smallest absolute Gasteiger partial charge is 0.160 e. The third kappa shape index (κ3) is 4.61. The summed E-state index contributed by atoms with van der Waals surface area (Å²) in [5.74, 6) is 1.02. The SMILES string of the molecule is O[C@@H]1CN(Cc2ccc(SC3CCCCC3)o2)C[C@H]1N1CCOCC1. The lowest BCUT2D eigenvalue weighted by atomic mass is 10.0. The maximum Gasteiger partial charge on any atom is 0.160 e. The number of rotatable bonds is 5. The van der Waals surface area contributed by atoms with E-state index in [2.05, 4.69) is 21.9 Å². The third-order valence-corrected chi connectivity index (χ3v) is 6.96. The van der Waals surface area contributed by atoms with Gasteiger partial charge in [0.1, 0.15) is 5.76 Å². The average Bonchev–Trinajstić information content (AvgIpc) is 3.23. The van der Waals surface area contributed by atoms with Crippen LogP contribution in [0.15, 0.2) is 21.6 Å². The van der Waals surface area contributed by atoms with Crippen LogP contribution in [-0.4, -0.2) is 71.7 Å². The molecule has 0 aromatic carbocycles. The van der Waals surface area contributed by atoms with Crippen molar-refractivity contribution < 1.29 is 14.3 Å². The number of ether oxygens (including phenoxy) is 1. The molecule has 25 heavy (non-hydrogen) atoms. The first kappa shape index (κ1) is 17.9. The Labute approximate surface area is 154 Å². The van der Waals surface area contributed by atoms with E-state index >= 15 is 0 Å². The quantitative estimate of drug-likeness (QED) is 0.864. The molecular weight excluding hydrogens is 336 g/mol. The van der Waals surface area contributed by atoms with Crippen molar-refractivity contribution in [3.05, 3.63) is 17.9 Å². The van der Waals surface area contributed by atoms with E-state index in [4.69, 9.17) is 9.15 Å². The summed E-state index contributed by atoms with van der Waals surface area (Å²) in [7, 11) is 0. The highest BCUT2D eigenvalue weighted by molar-refractivity contribution is 7.99. The Balaban J connectivity index is 1.29. The van der Waals surface area contributed by atoms with Crippen LogP contribution < -0.4 is 0 Å². The summed E-state index contributed by atoms with van der Waals surface area (Å²) in [5.41, 5.74) is 0. The van der Waals surface area contributed by atoms with Crippen molar-refractivity contribution in [1.29, 1.82) is 0 Å². The predicted octanol–water partition coefficient (Wildman–Crippen LogP) is 2.58. The number of hydrogen-bond donors (Lipinski definition) is 1. The fraction of sp³-hybridized carbons (Fsp3) is 0.789. The summed E-state index contributed by atoms with van der Waals surface area (Å²) >= 11 is 1.91. The summed E-state index contributed by atoms with van der Waals surface area (Å²) in [5, 5.41) is 12.2. The molecule has 0 amide bonds. The molecule has 5 nitrogen and oxygen atoms in total. The lowest BCUT2D eigenvalue weighted by Gasteiger charge is -2.33. The van der Waals surface area contributed by atoms with E-state index in [9.17, 15) is 5.11 Å². The van der Waals surface area contributed by atoms with Gasteiger partial charge in [0.15, 0.2) is 5.09 Å². The van der Waals surface area contributed by atoms with E-state index in [1.807, 2.05) is 11.8 Å². The van der Waals surface area contributed by atoms with Crippen LogP contribution in [0, 0.1) is 0 Å². The first-order chi connectivity index (χ1) is 12.3. The Kier molecular flexibility index (Phi) is 6.03. The van der Waals surface area contributed by atoms with Gasteiger partial charge in [-0.15, -0.1) is 0 Å². The molecule has 2 saturated heterocycles. The zero-order valence-corrected chi connectivity index (χ0v) is 15.8. The molecule has 3 heterocycles. The van der Waals surface area contributed by atoms with Crippen molar-refractivity contribution in [2.75, 3.05) is 39.4 Å². The second-order valence-electron chi connectivity index (χ2n) is 7.58. The van der Waals surface area contributed by atoms with Crippen molar-refractivity contribution in [2.24, 2.45) is 0 Å². The Morgan fingerprint density at radius 2 is 1.88 bits per heavy atom. The number of likely N-dealkylation sites (tertiary alicyclic amines) is 1. The number of aliphatic hydroxyl groups excluding tert-OH is 1. The fourth-order valence-corrected chi connectivity index (χ4v) is 5.52. The number of β-amino-alcohol motifs (C(OH)–C–C–N with tert-alkyl or cyclic N) is 1. The Morgan fingerprint density at radius 3 is 2.68 bits per heavy atom. The van der Waals surface area contributed by atoms with Crippen LogP contribution >= 0.6 is 11.8 Å². The van der Waals surface area contributed by atoms with E-state index in [1.54, 1.807) is 0 Å². The summed E-state index contributed by atoms with van der Waals surface area (Å²) in [6, 6.07) is 4.47. The van der Waals surface area contributed by atoms with E-state index in [0.29, 0.717) is 0 Å². The molecule has 1 N–H and O–H groups in total. The summed E-state index contributed by atoms with van der Waals surface area (Å²) in [4.78, 5) is 4.69. The van der Waals surface area contributed by atoms with Crippen LogP contribution in [0.1, 0.15) is 37.9 Å². The van der Waals surface area contributed by atoms with Gasteiger partial charge in [0.05, 0.1) is 25.9 Å². The Bertz CT molecular complexity index is 541. The summed E-state index contributed by atoms with van der Waals surface area (Å²) in [6.07, 6.45) is 6.48. The maximum absolute atomic E-state index is 10.5. The van der Waals surface area contributed by atoms with Crippen molar-refractivity contribution in [2.45, 2.75) is 61.1 Å². The van der Waals surface area contributed by atoms with E-state index < -0.39 is 0 Å². The standard InChI is InChI=1S/C19H30N2O3S/c22-18-14-20(13-17(18)21-8-10-23-11-9-21)12-15-6-7-19(24-15)25-16-4-2-1-3-5-16/h6-7,16-18,22H,1-5,8-14H2/t17-,18-/m1/s1. The number of thioether (sulfide) groups is 1. The van der Waals surface area contributed by atoms with Gasteiger partial charge < -0.3 is 14.3 Å². The van der Waals surface area contributed by atoms with Gasteiger partial charge in [-0.2, -0.15) is 0 Å². The van der Waals surface area contributed by atoms with Gasteiger partial charge in [0.2, 0.25) is 0 Å². The molecule has 2 aliphatic heterocycles. The number of morpholine rings is 1. The summed E-state index contributed by atoms with van der Waals surface area (Å²) < 4.78 is 11.5. The average molecular weight is 367 g/mol. The molecule has 1 aliphatic carbocycles. The molecule has 140 valence electrons. The van der Waals surface area contributed by atoms with Gasteiger partial charge in [-0.3, -0.25) is 9.80 Å². The number of aliphatic hydroxyl groups is 1. The molecule has 1 aromatic heterocycles. The Hall–Kier alpha value is -0.530. The first-order valence-corrected chi connectivity index (χ1v) is 10.6. The van der Waals surface area contributed by atoms with Gasteiger partial charge in [0.25, 0.3) is 0 Å². The van der Waals surface area contributed by atoms with Crippen LogP contribution in [-0.2, 0) is 11.3 Å². The van der Waals surface area contributed by atoms with Crippen LogP contribution in [0.5, 0.6) is 0 Å². The predicted molar refractivity (Wildman–Crippen MR) is 98.9 cm³/mol. The zero-order chi connectivity index (χ0) is 17.1. The molecule has 0 radical (unpaired) electrons. The monoisotopic (exact) mass is 366 g/mol. The minimum atomic E-state index is -0.274. The second kappa shape index (κ2) is 8.44. The van der Waals surface area contributed by atoms with Crippen LogP contribution in [0.2, 0.25) is 0 Å². The fourth-order valence-electron chi connectivity index (χ4n) is 4.32. The highest BCUT2D eigenvalue weighted by Gasteiger charge is 2.36. The second-order valence-corrected chi connectivity index (χ2v) is 8.88. The van der Waals surface area contributed by atoms with E-state index in [1.165, 1.54) is 32.1 Å². The number of nitrogens with zero attached hydrogens (tertiary/aromatic N) is 2. The third-order valence-electron chi connectivity index (χ3n) is 5.70. The first-order valence-electron chi connectivity index (χ1n) is 9.75. The molecule has 0 bridgehead atoms. The van der Waals surface area contributed by atoms with Crippen molar-refractivity contribution in [1.82, 2.24) is 9.80 Å². The van der Waals surface area contributed by atoms with Crippen molar-refractivity contribution in [3.63, 3.8) is 0 Å². The normalized spacial score (nSPS) is 30.1. The molecule has 0 unspecified atom stereocenters.